The van der Waals surface area contributed by atoms with Crippen LogP contribution in [0.15, 0.2) is 18.2 Å². The van der Waals surface area contributed by atoms with Crippen molar-refractivity contribution in [1.82, 2.24) is 0 Å². The second-order valence-electron chi connectivity index (χ2n) is 6.32. The van der Waals surface area contributed by atoms with E-state index in [9.17, 15) is 0 Å². The van der Waals surface area contributed by atoms with Crippen LogP contribution in [0.25, 0.3) is 0 Å². The standard InChI is InChI=1S/C17H28N2/c1-13(2)12-19(16-6-4-5-7-16)17-10-14(3)8-9-15(17)11-18/h8-10,13,16H,4-7,11-12,18H2,1-3H3. The lowest BCUT2D eigenvalue weighted by molar-refractivity contribution is 0.534. The van der Waals surface area contributed by atoms with Gasteiger partial charge in [0.05, 0.1) is 0 Å². The minimum absolute atomic E-state index is 0.636. The van der Waals surface area contributed by atoms with Gasteiger partial charge >= 0.3 is 0 Å². The molecule has 0 heterocycles. The number of nitrogens with zero attached hydrogens (tertiary/aromatic N) is 1. The van der Waals surface area contributed by atoms with E-state index in [0.29, 0.717) is 12.5 Å². The molecule has 1 fully saturated rings. The molecule has 2 heteroatoms. The second-order valence-corrected chi connectivity index (χ2v) is 6.32. The van der Waals surface area contributed by atoms with Crippen LogP contribution < -0.4 is 10.6 Å². The molecule has 0 radical (unpaired) electrons. The SMILES string of the molecule is Cc1ccc(CN)c(N(CC(C)C)C2CCCC2)c1. The Morgan fingerprint density at radius 3 is 2.53 bits per heavy atom. The van der Waals surface area contributed by atoms with E-state index >= 15 is 0 Å². The summed E-state index contributed by atoms with van der Waals surface area (Å²) < 4.78 is 0. The summed E-state index contributed by atoms with van der Waals surface area (Å²) in [4.78, 5) is 2.63. The van der Waals surface area contributed by atoms with E-state index < -0.39 is 0 Å². The highest BCUT2D eigenvalue weighted by Gasteiger charge is 2.24. The predicted octanol–water partition coefficient (Wildman–Crippen LogP) is 3.86. The molecule has 0 aliphatic heterocycles. The van der Waals surface area contributed by atoms with Crippen LogP contribution in [0.2, 0.25) is 0 Å². The number of nitrogens with two attached hydrogens (primary N) is 1. The van der Waals surface area contributed by atoms with Gasteiger partial charge in [0.15, 0.2) is 0 Å². The molecular weight excluding hydrogens is 232 g/mol. The van der Waals surface area contributed by atoms with Gasteiger partial charge in [0.1, 0.15) is 0 Å². The van der Waals surface area contributed by atoms with Crippen LogP contribution in [0.1, 0.15) is 50.7 Å². The second kappa shape index (κ2) is 6.42. The van der Waals surface area contributed by atoms with E-state index in [0.717, 1.165) is 12.6 Å². The van der Waals surface area contributed by atoms with Gasteiger partial charge in [0, 0.05) is 24.8 Å². The van der Waals surface area contributed by atoms with E-state index in [1.54, 1.807) is 0 Å². The zero-order valence-corrected chi connectivity index (χ0v) is 12.7. The van der Waals surface area contributed by atoms with E-state index in [-0.39, 0.29) is 0 Å². The van der Waals surface area contributed by atoms with Crippen molar-refractivity contribution in [3.8, 4) is 0 Å². The molecule has 0 aromatic heterocycles. The summed E-state index contributed by atoms with van der Waals surface area (Å²) in [5, 5.41) is 0. The highest BCUT2D eigenvalue weighted by molar-refractivity contribution is 5.56. The topological polar surface area (TPSA) is 29.3 Å². The molecule has 1 saturated carbocycles. The molecule has 2 N–H and O–H groups in total. The maximum atomic E-state index is 5.94. The predicted molar refractivity (Wildman–Crippen MR) is 83.5 cm³/mol. The Morgan fingerprint density at radius 1 is 1.26 bits per heavy atom. The third-order valence-corrected chi connectivity index (χ3v) is 4.10. The molecular formula is C17H28N2. The Morgan fingerprint density at radius 2 is 1.95 bits per heavy atom. The Balaban J connectivity index is 2.32. The summed E-state index contributed by atoms with van der Waals surface area (Å²) in [6.07, 6.45) is 5.43. The van der Waals surface area contributed by atoms with Crippen LogP contribution in [-0.4, -0.2) is 12.6 Å². The van der Waals surface area contributed by atoms with Crippen LogP contribution in [-0.2, 0) is 6.54 Å². The first-order chi connectivity index (χ1) is 9.11. The molecule has 2 nitrogen and oxygen atoms in total. The maximum Gasteiger partial charge on any atom is 0.0417 e. The smallest absolute Gasteiger partial charge is 0.0417 e. The summed E-state index contributed by atoms with van der Waals surface area (Å²) in [6, 6.07) is 7.42. The Labute approximate surface area is 118 Å². The quantitative estimate of drug-likeness (QED) is 0.871. The van der Waals surface area contributed by atoms with Gasteiger partial charge in [-0.25, -0.2) is 0 Å². The first-order valence-electron chi connectivity index (χ1n) is 7.68. The van der Waals surface area contributed by atoms with Gasteiger partial charge in [-0.05, 0) is 42.9 Å². The molecule has 1 aromatic rings. The third-order valence-electron chi connectivity index (χ3n) is 4.10. The van der Waals surface area contributed by atoms with Gasteiger partial charge < -0.3 is 10.6 Å². The van der Waals surface area contributed by atoms with Gasteiger partial charge in [0.25, 0.3) is 0 Å². The van der Waals surface area contributed by atoms with Gasteiger partial charge in [-0.15, -0.1) is 0 Å². The number of aryl methyl sites for hydroxylation is 1. The average molecular weight is 260 g/mol. The zero-order chi connectivity index (χ0) is 13.8. The number of hydrogen-bond acceptors (Lipinski definition) is 2. The third kappa shape index (κ3) is 3.50. The number of hydrogen-bond donors (Lipinski definition) is 1. The summed E-state index contributed by atoms with van der Waals surface area (Å²) in [6.45, 7) is 8.56. The highest BCUT2D eigenvalue weighted by Crippen LogP contribution is 2.31. The van der Waals surface area contributed by atoms with Gasteiger partial charge in [-0.2, -0.15) is 0 Å². The monoisotopic (exact) mass is 260 g/mol. The van der Waals surface area contributed by atoms with Crippen molar-refractivity contribution in [3.05, 3.63) is 29.3 Å². The highest BCUT2D eigenvalue weighted by atomic mass is 15.2. The van der Waals surface area contributed by atoms with Crippen molar-refractivity contribution >= 4 is 5.69 Å². The van der Waals surface area contributed by atoms with Crippen LogP contribution in [0, 0.1) is 12.8 Å². The van der Waals surface area contributed by atoms with Gasteiger partial charge in [-0.1, -0.05) is 38.8 Å². The van der Waals surface area contributed by atoms with E-state index in [4.69, 9.17) is 5.73 Å². The van der Waals surface area contributed by atoms with Crippen molar-refractivity contribution in [2.75, 3.05) is 11.4 Å². The van der Waals surface area contributed by atoms with Crippen molar-refractivity contribution < 1.29 is 0 Å². The van der Waals surface area contributed by atoms with E-state index in [1.807, 2.05) is 0 Å². The van der Waals surface area contributed by atoms with E-state index in [2.05, 4.69) is 43.9 Å². The van der Waals surface area contributed by atoms with Crippen molar-refractivity contribution in [3.63, 3.8) is 0 Å². The molecule has 106 valence electrons. The summed E-state index contributed by atoms with van der Waals surface area (Å²) in [5.74, 6) is 0.687. The molecule has 19 heavy (non-hydrogen) atoms. The number of anilines is 1. The van der Waals surface area contributed by atoms with Gasteiger partial charge in [0.2, 0.25) is 0 Å². The fourth-order valence-electron chi connectivity index (χ4n) is 3.17. The minimum atomic E-state index is 0.636. The average Bonchev–Trinajstić information content (AvgIpc) is 2.89. The molecule has 1 aromatic carbocycles. The Bertz CT molecular complexity index is 406. The molecule has 1 aliphatic rings. The summed E-state index contributed by atoms with van der Waals surface area (Å²) in [7, 11) is 0. The fraction of sp³-hybridized carbons (Fsp3) is 0.647. The number of benzene rings is 1. The molecule has 0 amide bonds. The minimum Gasteiger partial charge on any atom is -0.368 e. The lowest BCUT2D eigenvalue weighted by atomic mass is 10.0. The van der Waals surface area contributed by atoms with Crippen LogP contribution in [0.4, 0.5) is 5.69 Å². The zero-order valence-electron chi connectivity index (χ0n) is 12.7. The molecule has 0 atom stereocenters. The fourth-order valence-corrected chi connectivity index (χ4v) is 3.17. The molecule has 0 saturated heterocycles. The van der Waals surface area contributed by atoms with E-state index in [1.165, 1.54) is 42.5 Å². The molecule has 0 spiro atoms. The Hall–Kier alpha value is -1.02. The molecule has 1 aliphatic carbocycles. The van der Waals surface area contributed by atoms with Crippen molar-refractivity contribution in [2.24, 2.45) is 11.7 Å². The number of rotatable bonds is 5. The first kappa shape index (κ1) is 14.4. The largest absolute Gasteiger partial charge is 0.368 e. The summed E-state index contributed by atoms with van der Waals surface area (Å²) in [5.41, 5.74) is 9.94. The lowest BCUT2D eigenvalue weighted by Gasteiger charge is -2.34. The molecule has 2 rings (SSSR count). The van der Waals surface area contributed by atoms with Crippen molar-refractivity contribution in [2.45, 2.75) is 59.0 Å². The molecule has 0 unspecified atom stereocenters. The first-order valence-corrected chi connectivity index (χ1v) is 7.68. The Kier molecular flexibility index (Phi) is 4.87. The maximum absolute atomic E-state index is 5.94. The normalized spacial score (nSPS) is 16.3. The molecule has 0 bridgehead atoms. The van der Waals surface area contributed by atoms with Crippen LogP contribution in [0.5, 0.6) is 0 Å². The van der Waals surface area contributed by atoms with Crippen molar-refractivity contribution in [1.29, 1.82) is 0 Å². The van der Waals surface area contributed by atoms with Gasteiger partial charge in [-0.3, -0.25) is 0 Å². The lowest BCUT2D eigenvalue weighted by Crippen LogP contribution is -2.37. The summed E-state index contributed by atoms with van der Waals surface area (Å²) >= 11 is 0. The van der Waals surface area contributed by atoms with Crippen LogP contribution in [0.3, 0.4) is 0 Å². The van der Waals surface area contributed by atoms with Crippen LogP contribution >= 0.6 is 0 Å².